The summed E-state index contributed by atoms with van der Waals surface area (Å²) in [5.74, 6) is 1.14. The average molecular weight is 433 g/mol. The first kappa shape index (κ1) is 22.1. The highest BCUT2D eigenvalue weighted by Gasteiger charge is 2.17. The molecule has 4 nitrogen and oxygen atoms in total. The molecule has 0 spiro atoms. The van der Waals surface area contributed by atoms with Crippen LogP contribution in [-0.2, 0) is 13.2 Å². The first-order valence-electron chi connectivity index (χ1n) is 8.63. The molecule has 0 amide bonds. The van der Waals surface area contributed by atoms with Gasteiger partial charge in [0.15, 0.2) is 11.5 Å². The van der Waals surface area contributed by atoms with E-state index in [2.05, 4.69) is 5.32 Å². The molecule has 0 saturated carbocycles. The summed E-state index contributed by atoms with van der Waals surface area (Å²) in [6, 6.07) is 8.85. The molecular formula is C20H24Cl3NO3. The number of ether oxygens (including phenoxy) is 2. The van der Waals surface area contributed by atoms with Crippen LogP contribution in [0.15, 0.2) is 30.3 Å². The van der Waals surface area contributed by atoms with Crippen molar-refractivity contribution in [2.24, 2.45) is 0 Å². The summed E-state index contributed by atoms with van der Waals surface area (Å²) in [4.78, 5) is 0. The smallest absolute Gasteiger partial charge is 0.163 e. The van der Waals surface area contributed by atoms with Gasteiger partial charge in [0.25, 0.3) is 0 Å². The number of hydrogen-bond donors (Lipinski definition) is 2. The number of halogens is 3. The minimum atomic E-state index is -0.407. The van der Waals surface area contributed by atoms with E-state index >= 15 is 0 Å². The predicted molar refractivity (Wildman–Crippen MR) is 111 cm³/mol. The molecule has 0 heterocycles. The van der Waals surface area contributed by atoms with E-state index in [0.29, 0.717) is 39.7 Å². The van der Waals surface area contributed by atoms with Crippen molar-refractivity contribution in [1.82, 2.24) is 5.32 Å². The van der Waals surface area contributed by atoms with E-state index < -0.39 is 5.54 Å². The van der Waals surface area contributed by atoms with Crippen molar-refractivity contribution in [2.45, 2.75) is 39.5 Å². The van der Waals surface area contributed by atoms with E-state index in [1.165, 1.54) is 0 Å². The van der Waals surface area contributed by atoms with Gasteiger partial charge in [0.1, 0.15) is 6.61 Å². The fourth-order valence-electron chi connectivity index (χ4n) is 2.28. The van der Waals surface area contributed by atoms with Gasteiger partial charge >= 0.3 is 0 Å². The van der Waals surface area contributed by atoms with Crippen molar-refractivity contribution in [3.63, 3.8) is 0 Å². The van der Waals surface area contributed by atoms with Crippen LogP contribution in [0.25, 0.3) is 0 Å². The number of nitrogens with one attached hydrogen (secondary N) is 1. The van der Waals surface area contributed by atoms with Gasteiger partial charge in [-0.1, -0.05) is 40.9 Å². The van der Waals surface area contributed by atoms with Crippen LogP contribution in [0, 0.1) is 0 Å². The fourth-order valence-corrected chi connectivity index (χ4v) is 2.96. The number of hydrogen-bond acceptors (Lipinski definition) is 4. The Labute approximate surface area is 175 Å². The highest BCUT2D eigenvalue weighted by atomic mass is 35.5. The lowest BCUT2D eigenvalue weighted by atomic mass is 10.1. The van der Waals surface area contributed by atoms with Crippen molar-refractivity contribution in [3.05, 3.63) is 56.5 Å². The summed E-state index contributed by atoms with van der Waals surface area (Å²) >= 11 is 18.6. The zero-order valence-corrected chi connectivity index (χ0v) is 17.9. The first-order chi connectivity index (χ1) is 12.8. The standard InChI is InChI=1S/C20H24Cl3NO3/c1-4-26-18-7-14(10-24-20(2,3)12-25)17(23)9-19(18)27-11-13-5-6-15(21)8-16(13)22/h5-9,24-25H,4,10-12H2,1-3H3. The third-order valence-electron chi connectivity index (χ3n) is 3.96. The Kier molecular flexibility index (Phi) is 8.07. The number of benzene rings is 2. The van der Waals surface area contributed by atoms with Gasteiger partial charge in [-0.05, 0) is 44.5 Å². The molecule has 0 radical (unpaired) electrons. The molecule has 0 aliphatic rings. The molecule has 0 bridgehead atoms. The first-order valence-corrected chi connectivity index (χ1v) is 9.77. The highest BCUT2D eigenvalue weighted by molar-refractivity contribution is 6.35. The highest BCUT2D eigenvalue weighted by Crippen LogP contribution is 2.35. The van der Waals surface area contributed by atoms with Gasteiger partial charge in [-0.15, -0.1) is 0 Å². The van der Waals surface area contributed by atoms with Crippen molar-refractivity contribution < 1.29 is 14.6 Å². The molecule has 0 aromatic heterocycles. The predicted octanol–water partition coefficient (Wildman–Crippen LogP) is 5.49. The second-order valence-corrected chi connectivity index (χ2v) is 7.99. The van der Waals surface area contributed by atoms with Crippen LogP contribution in [0.1, 0.15) is 31.9 Å². The van der Waals surface area contributed by atoms with Gasteiger partial charge in [-0.25, -0.2) is 0 Å². The van der Waals surface area contributed by atoms with Crippen LogP contribution in [0.3, 0.4) is 0 Å². The quantitative estimate of drug-likeness (QED) is 0.550. The molecule has 27 heavy (non-hydrogen) atoms. The molecule has 2 N–H and O–H groups in total. The van der Waals surface area contributed by atoms with E-state index in [9.17, 15) is 5.11 Å². The van der Waals surface area contributed by atoms with Gasteiger partial charge in [0.2, 0.25) is 0 Å². The van der Waals surface area contributed by atoms with Gasteiger partial charge in [-0.3, -0.25) is 0 Å². The maximum Gasteiger partial charge on any atom is 0.163 e. The van der Waals surface area contributed by atoms with E-state index in [1.807, 2.05) is 32.9 Å². The maximum atomic E-state index is 9.38. The molecule has 2 aromatic carbocycles. The summed E-state index contributed by atoms with van der Waals surface area (Å²) in [7, 11) is 0. The zero-order chi connectivity index (χ0) is 20.0. The van der Waals surface area contributed by atoms with Crippen molar-refractivity contribution >= 4 is 34.8 Å². The van der Waals surface area contributed by atoms with Gasteiger partial charge in [-0.2, -0.15) is 0 Å². The lowest BCUT2D eigenvalue weighted by Crippen LogP contribution is -2.42. The van der Waals surface area contributed by atoms with Gasteiger partial charge in [0.05, 0.1) is 13.2 Å². The third kappa shape index (κ3) is 6.44. The largest absolute Gasteiger partial charge is 0.490 e. The Morgan fingerprint density at radius 1 is 0.963 bits per heavy atom. The molecule has 2 aromatic rings. The maximum absolute atomic E-state index is 9.38. The van der Waals surface area contributed by atoms with Gasteiger partial charge < -0.3 is 19.9 Å². The van der Waals surface area contributed by atoms with Crippen molar-refractivity contribution in [1.29, 1.82) is 0 Å². The summed E-state index contributed by atoms with van der Waals surface area (Å²) in [6.45, 7) is 7.01. The van der Waals surface area contributed by atoms with Crippen molar-refractivity contribution in [3.8, 4) is 11.5 Å². The topological polar surface area (TPSA) is 50.7 Å². The Balaban J connectivity index is 2.19. The molecule has 7 heteroatoms. The average Bonchev–Trinajstić information content (AvgIpc) is 2.62. The zero-order valence-electron chi connectivity index (χ0n) is 15.6. The second-order valence-electron chi connectivity index (χ2n) is 6.74. The van der Waals surface area contributed by atoms with E-state index in [-0.39, 0.29) is 13.2 Å². The van der Waals surface area contributed by atoms with Crippen LogP contribution < -0.4 is 14.8 Å². The second kappa shape index (κ2) is 9.85. The van der Waals surface area contributed by atoms with E-state index in [0.717, 1.165) is 11.1 Å². The molecule has 0 unspecified atom stereocenters. The van der Waals surface area contributed by atoms with Gasteiger partial charge in [0, 0.05) is 38.8 Å². The normalized spacial score (nSPS) is 11.5. The number of aliphatic hydroxyl groups excluding tert-OH is 1. The Morgan fingerprint density at radius 2 is 1.63 bits per heavy atom. The summed E-state index contributed by atoms with van der Waals surface area (Å²) < 4.78 is 11.6. The molecule has 0 aliphatic carbocycles. The molecule has 148 valence electrons. The van der Waals surface area contributed by atoms with Crippen molar-refractivity contribution in [2.75, 3.05) is 13.2 Å². The fraction of sp³-hybridized carbons (Fsp3) is 0.400. The number of aliphatic hydroxyl groups is 1. The minimum Gasteiger partial charge on any atom is -0.490 e. The number of rotatable bonds is 9. The summed E-state index contributed by atoms with van der Waals surface area (Å²) in [5.41, 5.74) is 1.27. The minimum absolute atomic E-state index is 0.0198. The lowest BCUT2D eigenvalue weighted by molar-refractivity contribution is 0.187. The van der Waals surface area contributed by atoms with Crippen LogP contribution in [0.2, 0.25) is 15.1 Å². The van der Waals surface area contributed by atoms with E-state index in [4.69, 9.17) is 44.3 Å². The molecule has 0 saturated heterocycles. The monoisotopic (exact) mass is 431 g/mol. The van der Waals surface area contributed by atoms with Crippen LogP contribution in [0.4, 0.5) is 0 Å². The Bertz CT molecular complexity index is 781. The Hall–Kier alpha value is -1.17. The van der Waals surface area contributed by atoms with Crippen LogP contribution in [0.5, 0.6) is 11.5 Å². The van der Waals surface area contributed by atoms with Crippen LogP contribution >= 0.6 is 34.8 Å². The van der Waals surface area contributed by atoms with Crippen LogP contribution in [-0.4, -0.2) is 23.9 Å². The summed E-state index contributed by atoms with van der Waals surface area (Å²) in [6.07, 6.45) is 0. The lowest BCUT2D eigenvalue weighted by Gasteiger charge is -2.24. The van der Waals surface area contributed by atoms with E-state index in [1.54, 1.807) is 18.2 Å². The molecule has 0 aliphatic heterocycles. The summed E-state index contributed by atoms with van der Waals surface area (Å²) in [5, 5.41) is 14.3. The molecular weight excluding hydrogens is 409 g/mol. The Morgan fingerprint density at radius 3 is 2.26 bits per heavy atom. The molecule has 0 atom stereocenters. The third-order valence-corrected chi connectivity index (χ3v) is 4.90. The SMILES string of the molecule is CCOc1cc(CNC(C)(C)CO)c(Cl)cc1OCc1ccc(Cl)cc1Cl. The molecule has 2 rings (SSSR count). The molecule has 0 fully saturated rings.